The van der Waals surface area contributed by atoms with E-state index in [-0.39, 0.29) is 5.91 Å². The van der Waals surface area contributed by atoms with Crippen molar-refractivity contribution >= 4 is 12.2 Å². The Bertz CT molecular complexity index is 647. The van der Waals surface area contributed by atoms with Crippen molar-refractivity contribution < 1.29 is 9.59 Å². The Labute approximate surface area is 104 Å². The SMILES string of the molecule is O=Cc1cccc(-c2cccc3c2CNC3=O)c1. The van der Waals surface area contributed by atoms with E-state index < -0.39 is 0 Å². The number of carbonyl (C=O) groups excluding carboxylic acids is 2. The zero-order valence-electron chi connectivity index (χ0n) is 9.64. The van der Waals surface area contributed by atoms with Gasteiger partial charge in [-0.3, -0.25) is 9.59 Å². The first-order valence-corrected chi connectivity index (χ1v) is 5.75. The van der Waals surface area contributed by atoms with Crippen molar-refractivity contribution in [3.05, 3.63) is 59.2 Å². The molecule has 0 radical (unpaired) electrons. The summed E-state index contributed by atoms with van der Waals surface area (Å²) in [5.74, 6) is -0.0293. The lowest BCUT2D eigenvalue weighted by Gasteiger charge is -2.07. The number of fused-ring (bicyclic) bond motifs is 1. The average molecular weight is 237 g/mol. The van der Waals surface area contributed by atoms with Crippen LogP contribution in [0.2, 0.25) is 0 Å². The largest absolute Gasteiger partial charge is 0.348 e. The third-order valence-electron chi connectivity index (χ3n) is 3.18. The normalized spacial score (nSPS) is 13.0. The molecule has 88 valence electrons. The highest BCUT2D eigenvalue weighted by molar-refractivity contribution is 6.00. The monoisotopic (exact) mass is 237 g/mol. The molecule has 0 atom stereocenters. The smallest absolute Gasteiger partial charge is 0.251 e. The maximum absolute atomic E-state index is 11.6. The first-order chi connectivity index (χ1) is 8.79. The van der Waals surface area contributed by atoms with Gasteiger partial charge in [-0.05, 0) is 28.8 Å². The lowest BCUT2D eigenvalue weighted by molar-refractivity contribution is 0.0965. The number of carbonyl (C=O) groups is 2. The molecule has 18 heavy (non-hydrogen) atoms. The van der Waals surface area contributed by atoms with E-state index in [0.717, 1.165) is 28.5 Å². The first kappa shape index (κ1) is 10.7. The summed E-state index contributed by atoms with van der Waals surface area (Å²) >= 11 is 0. The fourth-order valence-corrected chi connectivity index (χ4v) is 2.30. The molecule has 1 amide bonds. The van der Waals surface area contributed by atoms with Crippen molar-refractivity contribution in [2.45, 2.75) is 6.54 Å². The topological polar surface area (TPSA) is 46.2 Å². The van der Waals surface area contributed by atoms with Gasteiger partial charge in [0, 0.05) is 17.7 Å². The number of aldehydes is 1. The van der Waals surface area contributed by atoms with Gasteiger partial charge in [0.15, 0.2) is 0 Å². The predicted octanol–water partition coefficient (Wildman–Crippen LogP) is 2.41. The molecule has 0 bridgehead atoms. The molecule has 0 spiro atoms. The van der Waals surface area contributed by atoms with Gasteiger partial charge >= 0.3 is 0 Å². The number of hydrogen-bond donors (Lipinski definition) is 1. The molecule has 0 saturated heterocycles. The highest BCUT2D eigenvalue weighted by atomic mass is 16.1. The quantitative estimate of drug-likeness (QED) is 0.815. The fraction of sp³-hybridized carbons (Fsp3) is 0.0667. The zero-order valence-corrected chi connectivity index (χ0v) is 9.64. The second-order valence-electron chi connectivity index (χ2n) is 4.26. The molecule has 3 nitrogen and oxygen atoms in total. The van der Waals surface area contributed by atoms with E-state index >= 15 is 0 Å². The molecule has 2 aromatic carbocycles. The molecular weight excluding hydrogens is 226 g/mol. The number of hydrogen-bond acceptors (Lipinski definition) is 2. The van der Waals surface area contributed by atoms with Gasteiger partial charge in [0.25, 0.3) is 5.91 Å². The van der Waals surface area contributed by atoms with Crippen LogP contribution < -0.4 is 5.32 Å². The van der Waals surface area contributed by atoms with E-state index in [0.29, 0.717) is 12.1 Å². The molecule has 3 rings (SSSR count). The van der Waals surface area contributed by atoms with Gasteiger partial charge in [-0.2, -0.15) is 0 Å². The first-order valence-electron chi connectivity index (χ1n) is 5.75. The van der Waals surface area contributed by atoms with Crippen LogP contribution in [0.5, 0.6) is 0 Å². The summed E-state index contributed by atoms with van der Waals surface area (Å²) < 4.78 is 0. The van der Waals surface area contributed by atoms with Gasteiger partial charge in [0.1, 0.15) is 6.29 Å². The van der Waals surface area contributed by atoms with Crippen LogP contribution in [0.15, 0.2) is 42.5 Å². The third-order valence-corrected chi connectivity index (χ3v) is 3.18. The molecule has 0 aliphatic carbocycles. The minimum Gasteiger partial charge on any atom is -0.348 e. The summed E-state index contributed by atoms with van der Waals surface area (Å²) in [7, 11) is 0. The van der Waals surface area contributed by atoms with Crippen LogP contribution in [0.3, 0.4) is 0 Å². The Morgan fingerprint density at radius 1 is 1.06 bits per heavy atom. The maximum Gasteiger partial charge on any atom is 0.251 e. The summed E-state index contributed by atoms with van der Waals surface area (Å²) in [4.78, 5) is 22.4. The highest BCUT2D eigenvalue weighted by Crippen LogP contribution is 2.29. The van der Waals surface area contributed by atoms with E-state index in [1.54, 1.807) is 6.07 Å². The van der Waals surface area contributed by atoms with Crippen LogP contribution >= 0.6 is 0 Å². The van der Waals surface area contributed by atoms with Gasteiger partial charge in [0.2, 0.25) is 0 Å². The predicted molar refractivity (Wildman–Crippen MR) is 68.4 cm³/mol. The molecule has 1 N–H and O–H groups in total. The molecular formula is C15H11NO2. The fourth-order valence-electron chi connectivity index (χ4n) is 2.30. The highest BCUT2D eigenvalue weighted by Gasteiger charge is 2.21. The van der Waals surface area contributed by atoms with E-state index in [2.05, 4.69) is 5.32 Å². The molecule has 3 heteroatoms. The van der Waals surface area contributed by atoms with Gasteiger partial charge < -0.3 is 5.32 Å². The number of nitrogens with one attached hydrogen (secondary N) is 1. The second-order valence-corrected chi connectivity index (χ2v) is 4.26. The Kier molecular flexibility index (Phi) is 2.45. The molecule has 2 aromatic rings. The van der Waals surface area contributed by atoms with E-state index in [1.165, 1.54) is 0 Å². The van der Waals surface area contributed by atoms with Gasteiger partial charge in [-0.15, -0.1) is 0 Å². The van der Waals surface area contributed by atoms with Crippen molar-refractivity contribution in [1.82, 2.24) is 5.32 Å². The van der Waals surface area contributed by atoms with Crippen molar-refractivity contribution in [3.63, 3.8) is 0 Å². The Morgan fingerprint density at radius 3 is 2.67 bits per heavy atom. The Hall–Kier alpha value is -2.42. The third kappa shape index (κ3) is 1.61. The van der Waals surface area contributed by atoms with Gasteiger partial charge in [-0.1, -0.05) is 30.3 Å². The summed E-state index contributed by atoms with van der Waals surface area (Å²) in [6.07, 6.45) is 0.829. The van der Waals surface area contributed by atoms with Crippen LogP contribution in [0, 0.1) is 0 Å². The van der Waals surface area contributed by atoms with Gasteiger partial charge in [-0.25, -0.2) is 0 Å². The van der Waals surface area contributed by atoms with Crippen LogP contribution in [-0.4, -0.2) is 12.2 Å². The van der Waals surface area contributed by atoms with Crippen molar-refractivity contribution in [2.75, 3.05) is 0 Å². The number of rotatable bonds is 2. The zero-order chi connectivity index (χ0) is 12.5. The van der Waals surface area contributed by atoms with Crippen LogP contribution in [0.25, 0.3) is 11.1 Å². The molecule has 1 heterocycles. The minimum atomic E-state index is -0.0293. The summed E-state index contributed by atoms with van der Waals surface area (Å²) in [5.41, 5.74) is 4.35. The van der Waals surface area contributed by atoms with Crippen molar-refractivity contribution in [2.24, 2.45) is 0 Å². The number of benzene rings is 2. The van der Waals surface area contributed by atoms with Gasteiger partial charge in [0.05, 0.1) is 0 Å². The second kappa shape index (κ2) is 4.11. The van der Waals surface area contributed by atoms with Crippen LogP contribution in [0.1, 0.15) is 26.3 Å². The Balaban J connectivity index is 2.18. The van der Waals surface area contributed by atoms with Crippen LogP contribution in [-0.2, 0) is 6.54 Å². The Morgan fingerprint density at radius 2 is 1.83 bits per heavy atom. The molecule has 0 saturated carbocycles. The molecule has 0 unspecified atom stereocenters. The lowest BCUT2D eigenvalue weighted by Crippen LogP contribution is -2.12. The number of amides is 1. The van der Waals surface area contributed by atoms with Crippen LogP contribution in [0.4, 0.5) is 0 Å². The summed E-state index contributed by atoms with van der Waals surface area (Å²) in [5, 5.41) is 2.82. The summed E-state index contributed by atoms with van der Waals surface area (Å²) in [6, 6.07) is 13.1. The maximum atomic E-state index is 11.6. The molecule has 1 aliphatic heterocycles. The molecule has 0 fully saturated rings. The lowest BCUT2D eigenvalue weighted by atomic mass is 9.96. The van der Waals surface area contributed by atoms with E-state index in [4.69, 9.17) is 0 Å². The van der Waals surface area contributed by atoms with E-state index in [1.807, 2.05) is 36.4 Å². The molecule has 0 aromatic heterocycles. The van der Waals surface area contributed by atoms with E-state index in [9.17, 15) is 9.59 Å². The van der Waals surface area contributed by atoms with Crippen molar-refractivity contribution in [1.29, 1.82) is 0 Å². The molecule has 1 aliphatic rings. The average Bonchev–Trinajstić information content (AvgIpc) is 2.81. The van der Waals surface area contributed by atoms with Crippen molar-refractivity contribution in [3.8, 4) is 11.1 Å². The summed E-state index contributed by atoms with van der Waals surface area (Å²) in [6.45, 7) is 0.551. The minimum absolute atomic E-state index is 0.0293. The standard InChI is InChI=1S/C15H11NO2/c17-9-10-3-1-4-11(7-10)12-5-2-6-13-14(12)8-16-15(13)18/h1-7,9H,8H2,(H,16,18).